The summed E-state index contributed by atoms with van der Waals surface area (Å²) in [6.45, 7) is 1.91. The highest BCUT2D eigenvalue weighted by Gasteiger charge is 2.29. The average molecular weight is 357 g/mol. The van der Waals surface area contributed by atoms with Gasteiger partial charge in [-0.25, -0.2) is 4.68 Å². The monoisotopic (exact) mass is 356 g/mol. The summed E-state index contributed by atoms with van der Waals surface area (Å²) in [4.78, 5) is 23.9. The van der Waals surface area contributed by atoms with Gasteiger partial charge in [-0.1, -0.05) is 0 Å². The largest absolute Gasteiger partial charge is 0.465 e. The molecule has 0 amide bonds. The Morgan fingerprint density at radius 1 is 1.60 bits per heavy atom. The summed E-state index contributed by atoms with van der Waals surface area (Å²) >= 11 is 4.80. The summed E-state index contributed by atoms with van der Waals surface area (Å²) in [5, 5.41) is 5.30. The molecule has 106 valence electrons. The molecular formula is C13H13BrN2O3S. The third-order valence-corrected chi connectivity index (χ3v) is 4.81. The molecule has 0 saturated heterocycles. The normalized spacial score (nSPS) is 14.7. The lowest BCUT2D eigenvalue weighted by Gasteiger charge is -2.07. The van der Waals surface area contributed by atoms with Crippen LogP contribution in [0.15, 0.2) is 14.6 Å². The molecule has 2 heterocycles. The minimum Gasteiger partial charge on any atom is -0.465 e. The molecule has 0 aromatic carbocycles. The van der Waals surface area contributed by atoms with Gasteiger partial charge in [-0.2, -0.15) is 5.10 Å². The lowest BCUT2D eigenvalue weighted by Crippen LogP contribution is -2.28. The van der Waals surface area contributed by atoms with E-state index < -0.39 is 5.97 Å². The van der Waals surface area contributed by atoms with E-state index >= 15 is 0 Å². The van der Waals surface area contributed by atoms with Crippen LogP contribution in [0.25, 0.3) is 10.1 Å². The van der Waals surface area contributed by atoms with Gasteiger partial charge in [-0.15, -0.1) is 11.3 Å². The number of esters is 1. The molecule has 7 heteroatoms. The van der Waals surface area contributed by atoms with E-state index in [9.17, 15) is 9.59 Å². The van der Waals surface area contributed by atoms with Crippen molar-refractivity contribution in [3.8, 4) is 0 Å². The molecular weight excluding hydrogens is 344 g/mol. The van der Waals surface area contributed by atoms with Crippen molar-refractivity contribution in [2.45, 2.75) is 32.2 Å². The third kappa shape index (κ3) is 2.52. The van der Waals surface area contributed by atoms with E-state index in [1.165, 1.54) is 16.0 Å². The Morgan fingerprint density at radius 2 is 2.35 bits per heavy atom. The number of aromatic nitrogens is 2. The fraction of sp³-hybridized carbons (Fsp3) is 0.462. The van der Waals surface area contributed by atoms with E-state index in [2.05, 4.69) is 21.0 Å². The molecule has 0 bridgehead atoms. The quantitative estimate of drug-likeness (QED) is 0.790. The van der Waals surface area contributed by atoms with Gasteiger partial charge >= 0.3 is 5.97 Å². The first-order chi connectivity index (χ1) is 9.60. The summed E-state index contributed by atoms with van der Waals surface area (Å²) in [6, 6.07) is 1.94. The molecule has 0 aliphatic heterocycles. The molecule has 0 spiro atoms. The van der Waals surface area contributed by atoms with Crippen molar-refractivity contribution >= 4 is 43.3 Å². The highest BCUT2D eigenvalue weighted by Crippen LogP contribution is 2.43. The van der Waals surface area contributed by atoms with E-state index in [-0.39, 0.29) is 12.1 Å². The van der Waals surface area contributed by atoms with Gasteiger partial charge in [0, 0.05) is 11.3 Å². The second kappa shape index (κ2) is 5.29. The van der Waals surface area contributed by atoms with Crippen LogP contribution in [-0.2, 0) is 16.1 Å². The van der Waals surface area contributed by atoms with E-state index in [0.29, 0.717) is 17.2 Å². The molecule has 0 N–H and O–H groups in total. The molecule has 0 atom stereocenters. The van der Waals surface area contributed by atoms with Crippen LogP contribution in [0.2, 0.25) is 0 Å². The summed E-state index contributed by atoms with van der Waals surface area (Å²) in [5.41, 5.74) is 0.694. The number of thiophene rings is 1. The number of fused-ring (bicyclic) bond motifs is 1. The fourth-order valence-corrected chi connectivity index (χ4v) is 3.70. The molecule has 1 aliphatic carbocycles. The van der Waals surface area contributed by atoms with Crippen molar-refractivity contribution in [1.29, 1.82) is 0 Å². The van der Waals surface area contributed by atoms with Gasteiger partial charge in [0.1, 0.15) is 11.2 Å². The van der Waals surface area contributed by atoms with Gasteiger partial charge in [0.25, 0.3) is 5.56 Å². The molecule has 1 fully saturated rings. The van der Waals surface area contributed by atoms with Gasteiger partial charge in [-0.3, -0.25) is 9.59 Å². The molecule has 0 radical (unpaired) electrons. The van der Waals surface area contributed by atoms with E-state index in [1.54, 1.807) is 6.92 Å². The SMILES string of the molecule is CCOC(=O)Cn1nc(C2CC2)c2cc(Br)sc2c1=O. The molecule has 20 heavy (non-hydrogen) atoms. The van der Waals surface area contributed by atoms with Crippen molar-refractivity contribution in [3.63, 3.8) is 0 Å². The molecule has 1 saturated carbocycles. The highest BCUT2D eigenvalue weighted by atomic mass is 79.9. The van der Waals surface area contributed by atoms with E-state index in [1.807, 2.05) is 6.07 Å². The van der Waals surface area contributed by atoms with Crippen molar-refractivity contribution < 1.29 is 9.53 Å². The van der Waals surface area contributed by atoms with Gasteiger partial charge in [0.15, 0.2) is 0 Å². The van der Waals surface area contributed by atoms with Crippen LogP contribution in [0.5, 0.6) is 0 Å². The van der Waals surface area contributed by atoms with Crippen molar-refractivity contribution in [2.24, 2.45) is 0 Å². The molecule has 3 rings (SSSR count). The number of hydrogen-bond donors (Lipinski definition) is 0. The van der Waals surface area contributed by atoms with Crippen LogP contribution < -0.4 is 5.56 Å². The number of halogens is 1. The van der Waals surface area contributed by atoms with Gasteiger partial charge in [0.05, 0.1) is 16.1 Å². The molecule has 0 unspecified atom stereocenters. The van der Waals surface area contributed by atoms with Crippen LogP contribution in [-0.4, -0.2) is 22.4 Å². The maximum absolute atomic E-state index is 12.4. The standard InChI is InChI=1S/C13H13BrN2O3S/c1-2-19-10(17)6-16-13(18)12-8(5-9(14)20-12)11(15-16)7-3-4-7/h5,7H,2-4,6H2,1H3. The number of rotatable bonds is 4. The zero-order valence-electron chi connectivity index (χ0n) is 10.9. The Balaban J connectivity index is 2.10. The zero-order chi connectivity index (χ0) is 14.3. The van der Waals surface area contributed by atoms with Gasteiger partial charge < -0.3 is 4.74 Å². The zero-order valence-corrected chi connectivity index (χ0v) is 13.3. The van der Waals surface area contributed by atoms with Crippen LogP contribution in [0, 0.1) is 0 Å². The number of hydrogen-bond acceptors (Lipinski definition) is 5. The molecule has 5 nitrogen and oxygen atoms in total. The van der Waals surface area contributed by atoms with Crippen molar-refractivity contribution in [2.75, 3.05) is 6.61 Å². The summed E-state index contributed by atoms with van der Waals surface area (Å²) < 4.78 is 7.68. The van der Waals surface area contributed by atoms with Gasteiger partial charge in [0.2, 0.25) is 0 Å². The predicted octanol–water partition coefficient (Wildman–Crippen LogP) is 2.66. The Labute approximate surface area is 127 Å². The predicted molar refractivity (Wildman–Crippen MR) is 80.2 cm³/mol. The molecule has 2 aromatic heterocycles. The minimum absolute atomic E-state index is 0.127. The molecule has 2 aromatic rings. The summed E-state index contributed by atoms with van der Waals surface area (Å²) in [5.74, 6) is -0.0214. The van der Waals surface area contributed by atoms with Gasteiger partial charge in [-0.05, 0) is 41.8 Å². The second-order valence-electron chi connectivity index (χ2n) is 4.72. The van der Waals surface area contributed by atoms with E-state index in [4.69, 9.17) is 4.74 Å². The first kappa shape index (κ1) is 13.8. The lowest BCUT2D eigenvalue weighted by atomic mass is 10.2. The first-order valence-electron chi connectivity index (χ1n) is 6.45. The average Bonchev–Trinajstić information content (AvgIpc) is 3.15. The maximum atomic E-state index is 12.4. The van der Waals surface area contributed by atoms with E-state index in [0.717, 1.165) is 27.7 Å². The minimum atomic E-state index is -0.432. The van der Waals surface area contributed by atoms with Crippen molar-refractivity contribution in [1.82, 2.24) is 9.78 Å². The first-order valence-corrected chi connectivity index (χ1v) is 8.06. The summed E-state index contributed by atoms with van der Waals surface area (Å²) in [6.07, 6.45) is 2.18. The number of carbonyl (C=O) groups is 1. The fourth-order valence-electron chi connectivity index (χ4n) is 2.15. The molecule has 1 aliphatic rings. The third-order valence-electron chi connectivity index (χ3n) is 3.18. The highest BCUT2D eigenvalue weighted by molar-refractivity contribution is 9.11. The Bertz CT molecular complexity index is 733. The van der Waals surface area contributed by atoms with Crippen LogP contribution >= 0.6 is 27.3 Å². The lowest BCUT2D eigenvalue weighted by molar-refractivity contribution is -0.144. The number of carbonyl (C=O) groups excluding carboxylic acids is 1. The Hall–Kier alpha value is -1.21. The van der Waals surface area contributed by atoms with Crippen LogP contribution in [0.4, 0.5) is 0 Å². The number of ether oxygens (including phenoxy) is 1. The smallest absolute Gasteiger partial charge is 0.327 e. The number of nitrogens with zero attached hydrogens (tertiary/aromatic N) is 2. The Kier molecular flexibility index (Phi) is 3.64. The van der Waals surface area contributed by atoms with Crippen LogP contribution in [0.1, 0.15) is 31.4 Å². The Morgan fingerprint density at radius 3 is 3.00 bits per heavy atom. The topological polar surface area (TPSA) is 61.2 Å². The maximum Gasteiger partial charge on any atom is 0.327 e. The second-order valence-corrected chi connectivity index (χ2v) is 7.15. The summed E-state index contributed by atoms with van der Waals surface area (Å²) in [7, 11) is 0. The van der Waals surface area contributed by atoms with Crippen LogP contribution in [0.3, 0.4) is 0 Å². The van der Waals surface area contributed by atoms with Crippen molar-refractivity contribution in [3.05, 3.63) is 25.9 Å².